The molecule has 10 heteroatoms. The maximum absolute atomic E-state index is 9.18. The summed E-state index contributed by atoms with van der Waals surface area (Å²) in [6, 6.07) is 7.59. The van der Waals surface area contributed by atoms with E-state index in [0.29, 0.717) is 37.1 Å². The second kappa shape index (κ2) is 9.78. The summed E-state index contributed by atoms with van der Waals surface area (Å²) in [7, 11) is 3.22. The number of anilines is 1. The van der Waals surface area contributed by atoms with E-state index in [2.05, 4.69) is 35.1 Å². The Morgan fingerprint density at radius 1 is 1.09 bits per heavy atom. The molecule has 10 nitrogen and oxygen atoms in total. The fourth-order valence-electron chi connectivity index (χ4n) is 3.67. The summed E-state index contributed by atoms with van der Waals surface area (Å²) in [6.45, 7) is 3.32. The van der Waals surface area contributed by atoms with E-state index in [1.54, 1.807) is 32.9 Å². The second-order valence-electron chi connectivity index (χ2n) is 7.13. The number of benzene rings is 1. The van der Waals surface area contributed by atoms with Crippen LogP contribution in [0.1, 0.15) is 5.56 Å². The summed E-state index contributed by atoms with van der Waals surface area (Å²) >= 11 is 0. The fraction of sp³-hybridized carbons (Fsp3) is 0.318. The minimum absolute atomic E-state index is 0.477. The van der Waals surface area contributed by atoms with Crippen molar-refractivity contribution in [2.45, 2.75) is 6.54 Å². The van der Waals surface area contributed by atoms with Gasteiger partial charge in [-0.25, -0.2) is 15.0 Å². The largest absolute Gasteiger partial charge is 0.493 e. The van der Waals surface area contributed by atoms with Crippen molar-refractivity contribution in [3.05, 3.63) is 48.5 Å². The van der Waals surface area contributed by atoms with Crippen LogP contribution in [0.25, 0.3) is 10.9 Å². The third-order valence-electron chi connectivity index (χ3n) is 5.33. The van der Waals surface area contributed by atoms with E-state index >= 15 is 0 Å². The van der Waals surface area contributed by atoms with E-state index in [1.807, 2.05) is 30.5 Å². The van der Waals surface area contributed by atoms with E-state index in [0.717, 1.165) is 35.4 Å². The number of rotatable bonds is 5. The molecule has 2 aromatic heterocycles. The first-order valence-electron chi connectivity index (χ1n) is 10.2. The summed E-state index contributed by atoms with van der Waals surface area (Å²) in [5.74, 6) is 2.69. The quantitative estimate of drug-likeness (QED) is 0.279. The molecule has 1 N–H and O–H groups in total. The lowest BCUT2D eigenvalue weighted by Crippen LogP contribution is -2.52. The van der Waals surface area contributed by atoms with Crippen molar-refractivity contribution in [1.29, 1.82) is 5.26 Å². The van der Waals surface area contributed by atoms with Gasteiger partial charge in [0.25, 0.3) is 0 Å². The number of nitriles is 1. The van der Waals surface area contributed by atoms with E-state index in [4.69, 9.17) is 9.47 Å². The maximum atomic E-state index is 9.18. The van der Waals surface area contributed by atoms with Crippen molar-refractivity contribution >= 4 is 22.7 Å². The van der Waals surface area contributed by atoms with Crippen molar-refractivity contribution in [2.75, 3.05) is 45.3 Å². The molecule has 164 valence electrons. The predicted octanol–water partition coefficient (Wildman–Crippen LogP) is 1.79. The zero-order chi connectivity index (χ0) is 22.3. The Bertz CT molecular complexity index is 1140. The zero-order valence-electron chi connectivity index (χ0n) is 18.0. The Labute approximate surface area is 186 Å². The van der Waals surface area contributed by atoms with Crippen LogP contribution in [0.3, 0.4) is 0 Å². The van der Waals surface area contributed by atoms with E-state index in [9.17, 15) is 5.26 Å². The first-order chi connectivity index (χ1) is 15.7. The van der Waals surface area contributed by atoms with Gasteiger partial charge in [-0.3, -0.25) is 10.3 Å². The standard InChI is InChI=1S/C22H24N8O2/c1-31-19-11-17-18(12-20(19)32-2)27-15-28-21(17)29-7-9-30(10-8-29)22(26-14-23)25-13-16-3-5-24-6-4-16/h3-6,11-12,15H,7-10,13H2,1-2H3,(H,25,26). The molecule has 32 heavy (non-hydrogen) atoms. The SMILES string of the molecule is COc1cc2ncnc(N3CCN(C(=NCc4ccncc4)NC#N)CC3)c2cc1OC. The van der Waals surface area contributed by atoms with Crippen LogP contribution in [0.15, 0.2) is 48.0 Å². The fourth-order valence-corrected chi connectivity index (χ4v) is 3.67. The number of hydrogen-bond donors (Lipinski definition) is 1. The third kappa shape index (κ3) is 4.46. The Morgan fingerprint density at radius 2 is 1.81 bits per heavy atom. The van der Waals surface area contributed by atoms with Crippen molar-refractivity contribution in [2.24, 2.45) is 4.99 Å². The smallest absolute Gasteiger partial charge is 0.207 e. The number of nitrogens with one attached hydrogen (secondary N) is 1. The lowest BCUT2D eigenvalue weighted by atomic mass is 10.2. The van der Waals surface area contributed by atoms with Gasteiger partial charge in [0.2, 0.25) is 5.96 Å². The topological polar surface area (TPSA) is 112 Å². The number of aliphatic imine (C=N–C) groups is 1. The molecule has 1 aliphatic rings. The molecule has 1 aromatic carbocycles. The Kier molecular flexibility index (Phi) is 6.46. The van der Waals surface area contributed by atoms with Gasteiger partial charge in [0.05, 0.1) is 26.3 Å². The monoisotopic (exact) mass is 432 g/mol. The molecule has 3 heterocycles. The molecule has 3 aromatic rings. The first kappa shape index (κ1) is 21.1. The normalized spacial score (nSPS) is 14.2. The minimum Gasteiger partial charge on any atom is -0.493 e. The average molecular weight is 432 g/mol. The van der Waals surface area contributed by atoms with Crippen LogP contribution in [-0.2, 0) is 6.54 Å². The molecule has 1 fully saturated rings. The molecule has 4 rings (SSSR count). The number of piperazine rings is 1. The number of guanidine groups is 1. The molecule has 1 aliphatic heterocycles. The molecular formula is C22H24N8O2. The lowest BCUT2D eigenvalue weighted by Gasteiger charge is -2.36. The van der Waals surface area contributed by atoms with Crippen LogP contribution in [0.2, 0.25) is 0 Å². The van der Waals surface area contributed by atoms with Crippen LogP contribution >= 0.6 is 0 Å². The van der Waals surface area contributed by atoms with Crippen molar-refractivity contribution < 1.29 is 9.47 Å². The Hall–Kier alpha value is -4.13. The Balaban J connectivity index is 1.51. The van der Waals surface area contributed by atoms with Crippen LogP contribution in [0.4, 0.5) is 5.82 Å². The highest BCUT2D eigenvalue weighted by Gasteiger charge is 2.23. The van der Waals surface area contributed by atoms with Gasteiger partial charge in [-0.05, 0) is 23.8 Å². The molecule has 0 bridgehead atoms. The van der Waals surface area contributed by atoms with Gasteiger partial charge in [0.15, 0.2) is 17.7 Å². The van der Waals surface area contributed by atoms with Gasteiger partial charge in [0.1, 0.15) is 12.1 Å². The highest BCUT2D eigenvalue weighted by atomic mass is 16.5. The highest BCUT2D eigenvalue weighted by molar-refractivity contribution is 5.92. The molecule has 0 spiro atoms. The third-order valence-corrected chi connectivity index (χ3v) is 5.33. The van der Waals surface area contributed by atoms with E-state index in [1.165, 1.54) is 0 Å². The summed E-state index contributed by atoms with van der Waals surface area (Å²) in [4.78, 5) is 21.8. The zero-order valence-corrected chi connectivity index (χ0v) is 18.0. The van der Waals surface area contributed by atoms with E-state index < -0.39 is 0 Å². The molecule has 0 unspecified atom stereocenters. The number of aromatic nitrogens is 3. The summed E-state index contributed by atoms with van der Waals surface area (Å²) in [5.41, 5.74) is 1.83. The van der Waals surface area contributed by atoms with Crippen molar-refractivity contribution in [3.8, 4) is 17.7 Å². The van der Waals surface area contributed by atoms with Gasteiger partial charge in [-0.2, -0.15) is 5.26 Å². The molecule has 0 atom stereocenters. The van der Waals surface area contributed by atoms with Gasteiger partial charge in [0, 0.05) is 50.0 Å². The van der Waals surface area contributed by atoms with Crippen LogP contribution < -0.4 is 19.7 Å². The first-order valence-corrected chi connectivity index (χ1v) is 10.2. The van der Waals surface area contributed by atoms with Crippen LogP contribution in [0.5, 0.6) is 11.5 Å². The van der Waals surface area contributed by atoms with Crippen molar-refractivity contribution in [1.82, 2.24) is 25.2 Å². The lowest BCUT2D eigenvalue weighted by molar-refractivity contribution is 0.355. The predicted molar refractivity (Wildman–Crippen MR) is 121 cm³/mol. The summed E-state index contributed by atoms with van der Waals surface area (Å²) < 4.78 is 10.9. The Morgan fingerprint density at radius 3 is 2.50 bits per heavy atom. The summed E-state index contributed by atoms with van der Waals surface area (Å²) in [6.07, 6.45) is 7.03. The van der Waals surface area contributed by atoms with E-state index in [-0.39, 0.29) is 0 Å². The second-order valence-corrected chi connectivity index (χ2v) is 7.13. The molecule has 0 aliphatic carbocycles. The van der Waals surface area contributed by atoms with Gasteiger partial charge in [-0.1, -0.05) is 0 Å². The minimum atomic E-state index is 0.477. The number of nitrogens with zero attached hydrogens (tertiary/aromatic N) is 7. The van der Waals surface area contributed by atoms with Gasteiger partial charge < -0.3 is 19.3 Å². The maximum Gasteiger partial charge on any atom is 0.207 e. The number of methoxy groups -OCH3 is 2. The molecule has 1 saturated heterocycles. The van der Waals surface area contributed by atoms with Gasteiger partial charge in [-0.15, -0.1) is 0 Å². The number of ether oxygens (including phenoxy) is 2. The molecule has 0 saturated carbocycles. The van der Waals surface area contributed by atoms with Crippen LogP contribution in [0, 0.1) is 11.5 Å². The molecule has 0 amide bonds. The van der Waals surface area contributed by atoms with Crippen molar-refractivity contribution in [3.63, 3.8) is 0 Å². The van der Waals surface area contributed by atoms with Crippen LogP contribution in [-0.4, -0.2) is 66.2 Å². The molecular weight excluding hydrogens is 408 g/mol. The van der Waals surface area contributed by atoms with Gasteiger partial charge >= 0.3 is 0 Å². The average Bonchev–Trinajstić information content (AvgIpc) is 2.86. The highest BCUT2D eigenvalue weighted by Crippen LogP contribution is 2.34. The number of pyridine rings is 1. The number of hydrogen-bond acceptors (Lipinski definition) is 8. The summed E-state index contributed by atoms with van der Waals surface area (Å²) in [5, 5.41) is 12.8. The molecule has 0 radical (unpaired) electrons. The number of fused-ring (bicyclic) bond motifs is 1.